The van der Waals surface area contributed by atoms with E-state index in [9.17, 15) is 14.7 Å². The molecule has 1 N–H and O–H groups in total. The van der Waals surface area contributed by atoms with Crippen LogP contribution in [0.2, 0.25) is 0 Å². The first-order valence-corrected chi connectivity index (χ1v) is 5.61. The van der Waals surface area contributed by atoms with Gasteiger partial charge in [0.15, 0.2) is 0 Å². The lowest BCUT2D eigenvalue weighted by molar-refractivity contribution is -0.164. The van der Waals surface area contributed by atoms with E-state index in [-0.39, 0.29) is 23.7 Å². The molecule has 0 aromatic carbocycles. The van der Waals surface area contributed by atoms with Crippen LogP contribution in [-0.2, 0) is 19.1 Å². The summed E-state index contributed by atoms with van der Waals surface area (Å²) in [5.41, 5.74) is 0. The molecule has 6 atom stereocenters. The van der Waals surface area contributed by atoms with Crippen LogP contribution in [0.5, 0.6) is 0 Å². The van der Waals surface area contributed by atoms with E-state index in [4.69, 9.17) is 9.47 Å². The minimum absolute atomic E-state index is 0.00315. The van der Waals surface area contributed by atoms with Gasteiger partial charge in [-0.1, -0.05) is 0 Å². The number of hydrogen-bond acceptors (Lipinski definition) is 5. The average molecular weight is 226 g/mol. The highest BCUT2D eigenvalue weighted by Gasteiger charge is 2.64. The van der Waals surface area contributed by atoms with E-state index in [0.717, 1.165) is 12.8 Å². The molecule has 0 amide bonds. The normalized spacial score (nSPS) is 49.0. The number of carbonyl (C=O) groups excluding carboxylic acids is 2. The fraction of sp³-hybridized carbons (Fsp3) is 0.818. The Morgan fingerprint density at radius 1 is 1.44 bits per heavy atom. The number of aliphatic hydroxyl groups excluding tert-OH is 1. The first-order valence-electron chi connectivity index (χ1n) is 5.61. The molecule has 4 aliphatic rings. The highest BCUT2D eigenvalue weighted by molar-refractivity contribution is 5.85. The van der Waals surface area contributed by atoms with Crippen molar-refractivity contribution in [2.45, 2.75) is 25.0 Å². The van der Waals surface area contributed by atoms with E-state index in [0.29, 0.717) is 0 Å². The Kier molecular flexibility index (Phi) is 2.01. The van der Waals surface area contributed by atoms with E-state index in [1.807, 2.05) is 0 Å². The third-order valence-electron chi connectivity index (χ3n) is 4.34. The zero-order valence-electron chi connectivity index (χ0n) is 8.96. The molecule has 3 aliphatic carbocycles. The van der Waals surface area contributed by atoms with Crippen molar-refractivity contribution >= 4 is 11.9 Å². The third kappa shape index (κ3) is 1.04. The highest BCUT2D eigenvalue weighted by atomic mass is 16.6. The van der Waals surface area contributed by atoms with Crippen LogP contribution in [-0.4, -0.2) is 36.4 Å². The highest BCUT2D eigenvalue weighted by Crippen LogP contribution is 2.54. The molecule has 4 bridgehead atoms. The Labute approximate surface area is 92.7 Å². The molecule has 0 spiro atoms. The van der Waals surface area contributed by atoms with Crippen LogP contribution in [0.15, 0.2) is 0 Å². The number of carbonyl (C=O) groups is 2. The van der Waals surface area contributed by atoms with Crippen molar-refractivity contribution in [2.75, 3.05) is 7.11 Å². The van der Waals surface area contributed by atoms with Gasteiger partial charge >= 0.3 is 11.9 Å². The maximum atomic E-state index is 11.7. The Hall–Kier alpha value is -1.10. The molecule has 0 aromatic heterocycles. The van der Waals surface area contributed by atoms with Gasteiger partial charge in [0.25, 0.3) is 0 Å². The van der Waals surface area contributed by atoms with Crippen molar-refractivity contribution < 1.29 is 24.2 Å². The zero-order valence-corrected chi connectivity index (χ0v) is 8.96. The lowest BCUT2D eigenvalue weighted by atomic mass is 9.57. The molecule has 4 rings (SSSR count). The summed E-state index contributed by atoms with van der Waals surface area (Å²) in [5.74, 6) is -1.82. The minimum Gasteiger partial charge on any atom is -0.469 e. The Balaban J connectivity index is 2.00. The second-order valence-corrected chi connectivity index (χ2v) is 4.87. The molecular formula is C11H14O5. The molecule has 1 saturated heterocycles. The van der Waals surface area contributed by atoms with Crippen molar-refractivity contribution in [3.63, 3.8) is 0 Å². The second-order valence-electron chi connectivity index (χ2n) is 4.87. The van der Waals surface area contributed by atoms with Crippen molar-refractivity contribution in [3.05, 3.63) is 0 Å². The number of rotatable bonds is 1. The van der Waals surface area contributed by atoms with Crippen LogP contribution >= 0.6 is 0 Å². The minimum atomic E-state index is -0.703. The van der Waals surface area contributed by atoms with Gasteiger partial charge in [0.05, 0.1) is 25.0 Å². The van der Waals surface area contributed by atoms with Gasteiger partial charge < -0.3 is 14.6 Å². The van der Waals surface area contributed by atoms with Crippen LogP contribution in [0.4, 0.5) is 0 Å². The molecule has 1 aliphatic heterocycles. The predicted octanol–water partition coefficient (Wildman–Crippen LogP) is -0.282. The SMILES string of the molecule is COC(=O)C1C2CCC3C(OC(=O)C31)C2O. The lowest BCUT2D eigenvalue weighted by Crippen LogP contribution is -2.55. The van der Waals surface area contributed by atoms with Gasteiger partial charge in [-0.15, -0.1) is 0 Å². The van der Waals surface area contributed by atoms with Gasteiger partial charge in [-0.3, -0.25) is 9.59 Å². The first kappa shape index (κ1) is 10.1. The number of hydrogen-bond donors (Lipinski definition) is 1. The van der Waals surface area contributed by atoms with Crippen LogP contribution in [0.3, 0.4) is 0 Å². The van der Waals surface area contributed by atoms with Crippen molar-refractivity contribution in [1.82, 2.24) is 0 Å². The molecule has 0 aromatic rings. The maximum Gasteiger partial charge on any atom is 0.310 e. The number of ether oxygens (including phenoxy) is 2. The smallest absolute Gasteiger partial charge is 0.310 e. The van der Waals surface area contributed by atoms with Gasteiger partial charge in [-0.05, 0) is 12.8 Å². The van der Waals surface area contributed by atoms with Gasteiger partial charge in [0.2, 0.25) is 0 Å². The van der Waals surface area contributed by atoms with Crippen LogP contribution in [0, 0.1) is 23.7 Å². The summed E-state index contributed by atoms with van der Waals surface area (Å²) < 4.78 is 9.89. The Morgan fingerprint density at radius 2 is 2.12 bits per heavy atom. The number of fused-ring (bicyclic) bond motifs is 1. The predicted molar refractivity (Wildman–Crippen MR) is 51.1 cm³/mol. The number of esters is 2. The van der Waals surface area contributed by atoms with Crippen LogP contribution < -0.4 is 0 Å². The first-order chi connectivity index (χ1) is 7.65. The fourth-order valence-corrected chi connectivity index (χ4v) is 3.67. The molecule has 0 radical (unpaired) electrons. The largest absolute Gasteiger partial charge is 0.469 e. The molecule has 6 unspecified atom stereocenters. The summed E-state index contributed by atoms with van der Waals surface area (Å²) in [6.07, 6.45) is 0.536. The summed E-state index contributed by atoms with van der Waals surface area (Å²) in [5, 5.41) is 10.0. The second kappa shape index (κ2) is 3.20. The average Bonchev–Trinajstić information content (AvgIpc) is 2.60. The summed E-state index contributed by atoms with van der Waals surface area (Å²) in [7, 11) is 1.31. The van der Waals surface area contributed by atoms with Crippen LogP contribution in [0.1, 0.15) is 12.8 Å². The monoisotopic (exact) mass is 226 g/mol. The molecular weight excluding hydrogens is 212 g/mol. The molecule has 5 nitrogen and oxygen atoms in total. The maximum absolute atomic E-state index is 11.7. The van der Waals surface area contributed by atoms with Gasteiger partial charge in [0.1, 0.15) is 6.10 Å². The molecule has 88 valence electrons. The van der Waals surface area contributed by atoms with E-state index in [2.05, 4.69) is 0 Å². The standard InChI is InChI=1S/C11H14O5/c1-15-10(13)6-4-2-3-5-7(6)11(14)16-9(5)8(4)12/h4-9,12H,2-3H2,1H3. The summed E-state index contributed by atoms with van der Waals surface area (Å²) in [4.78, 5) is 23.4. The lowest BCUT2D eigenvalue weighted by Gasteiger charge is -2.46. The fourth-order valence-electron chi connectivity index (χ4n) is 3.67. The van der Waals surface area contributed by atoms with E-state index in [1.54, 1.807) is 0 Å². The molecule has 16 heavy (non-hydrogen) atoms. The Morgan fingerprint density at radius 3 is 2.81 bits per heavy atom. The molecule has 4 fully saturated rings. The van der Waals surface area contributed by atoms with Crippen LogP contribution in [0.25, 0.3) is 0 Å². The Bertz CT molecular complexity index is 352. The summed E-state index contributed by atoms with van der Waals surface area (Å²) >= 11 is 0. The van der Waals surface area contributed by atoms with E-state index in [1.165, 1.54) is 7.11 Å². The van der Waals surface area contributed by atoms with Crippen molar-refractivity contribution in [2.24, 2.45) is 23.7 Å². The number of aliphatic hydroxyl groups is 1. The number of methoxy groups -OCH3 is 1. The molecule has 1 heterocycles. The van der Waals surface area contributed by atoms with Gasteiger partial charge in [-0.2, -0.15) is 0 Å². The quantitative estimate of drug-likeness (QED) is 0.622. The zero-order chi connectivity index (χ0) is 11.4. The summed E-state index contributed by atoms with van der Waals surface area (Å²) in [6, 6.07) is 0. The third-order valence-corrected chi connectivity index (χ3v) is 4.34. The van der Waals surface area contributed by atoms with Crippen molar-refractivity contribution in [3.8, 4) is 0 Å². The topological polar surface area (TPSA) is 72.8 Å². The van der Waals surface area contributed by atoms with Gasteiger partial charge in [0, 0.05) is 11.8 Å². The van der Waals surface area contributed by atoms with Gasteiger partial charge in [-0.25, -0.2) is 0 Å². The van der Waals surface area contributed by atoms with E-state index < -0.39 is 24.1 Å². The molecule has 5 heteroatoms. The molecule has 3 saturated carbocycles. The van der Waals surface area contributed by atoms with Crippen molar-refractivity contribution in [1.29, 1.82) is 0 Å². The van der Waals surface area contributed by atoms with E-state index >= 15 is 0 Å². The summed E-state index contributed by atoms with van der Waals surface area (Å²) in [6.45, 7) is 0.